The van der Waals surface area contributed by atoms with Crippen molar-refractivity contribution < 1.29 is 15.0 Å². The average molecular weight is 158 g/mol. The summed E-state index contributed by atoms with van der Waals surface area (Å²) in [5.41, 5.74) is 0. The normalized spacial score (nSPS) is 32.4. The minimum absolute atomic E-state index is 0.0308. The molecular formula is C8H14O3. The molecule has 0 saturated heterocycles. The zero-order valence-electron chi connectivity index (χ0n) is 6.49. The van der Waals surface area contributed by atoms with Crippen molar-refractivity contribution in [3.63, 3.8) is 0 Å². The first kappa shape index (κ1) is 8.68. The molecule has 3 heteroatoms. The smallest absolute Gasteiger partial charge is 0.138 e. The highest BCUT2D eigenvalue weighted by Crippen LogP contribution is 2.24. The van der Waals surface area contributed by atoms with Crippen LogP contribution in [-0.4, -0.2) is 29.2 Å². The van der Waals surface area contributed by atoms with Gasteiger partial charge in [0.2, 0.25) is 0 Å². The largest absolute Gasteiger partial charge is 0.396 e. The van der Waals surface area contributed by atoms with Crippen molar-refractivity contribution in [1.29, 1.82) is 0 Å². The molecule has 0 amide bonds. The van der Waals surface area contributed by atoms with E-state index in [0.717, 1.165) is 12.8 Å². The zero-order chi connectivity index (χ0) is 8.27. The minimum Gasteiger partial charge on any atom is -0.396 e. The quantitative estimate of drug-likeness (QED) is 0.592. The fourth-order valence-electron chi connectivity index (χ4n) is 1.50. The maximum atomic E-state index is 11.1. The highest BCUT2D eigenvalue weighted by molar-refractivity contribution is 5.82. The molecule has 2 N–H and O–H groups in total. The molecule has 1 saturated carbocycles. The lowest BCUT2D eigenvalue weighted by molar-refractivity contribution is -0.127. The molecule has 1 aliphatic carbocycles. The Morgan fingerprint density at radius 2 is 2.00 bits per heavy atom. The molecule has 0 aromatic carbocycles. The van der Waals surface area contributed by atoms with Gasteiger partial charge in [0.1, 0.15) is 5.78 Å². The Morgan fingerprint density at radius 3 is 2.45 bits per heavy atom. The third-order valence-electron chi connectivity index (χ3n) is 2.35. The van der Waals surface area contributed by atoms with Crippen LogP contribution in [0.15, 0.2) is 0 Å². The molecule has 1 aliphatic rings. The van der Waals surface area contributed by atoms with Gasteiger partial charge in [0.15, 0.2) is 0 Å². The predicted octanol–water partition coefficient (Wildman–Crippen LogP) is -0.0436. The van der Waals surface area contributed by atoms with Gasteiger partial charge in [-0.05, 0) is 18.8 Å². The van der Waals surface area contributed by atoms with Crippen molar-refractivity contribution >= 4 is 5.78 Å². The first-order valence-electron chi connectivity index (χ1n) is 4.02. The lowest BCUT2D eigenvalue weighted by atomic mass is 9.82. The van der Waals surface area contributed by atoms with Gasteiger partial charge >= 0.3 is 0 Å². The van der Waals surface area contributed by atoms with Gasteiger partial charge in [-0.3, -0.25) is 4.79 Å². The van der Waals surface area contributed by atoms with Crippen LogP contribution < -0.4 is 0 Å². The molecule has 0 aromatic rings. The number of carbonyl (C=O) groups is 1. The summed E-state index contributed by atoms with van der Waals surface area (Å²) in [6.45, 7) is 0.0703. The molecule has 11 heavy (non-hydrogen) atoms. The van der Waals surface area contributed by atoms with Gasteiger partial charge in [-0.15, -0.1) is 0 Å². The van der Waals surface area contributed by atoms with Gasteiger partial charge in [0.05, 0.1) is 6.61 Å². The predicted molar refractivity (Wildman–Crippen MR) is 40.0 cm³/mol. The number of hydrogen-bond donors (Lipinski definition) is 2. The second-order valence-electron chi connectivity index (χ2n) is 3.18. The third kappa shape index (κ3) is 2.01. The summed E-state index contributed by atoms with van der Waals surface area (Å²) in [5.74, 6) is 0.0981. The van der Waals surface area contributed by atoms with E-state index in [4.69, 9.17) is 10.2 Å². The van der Waals surface area contributed by atoms with Crippen molar-refractivity contribution in [3.05, 3.63) is 0 Å². The van der Waals surface area contributed by atoms with Gasteiger partial charge in [0.25, 0.3) is 0 Å². The number of aliphatic hydroxyl groups excluding tert-OH is 2. The van der Waals surface area contributed by atoms with Crippen molar-refractivity contribution in [1.82, 2.24) is 0 Å². The number of aliphatic hydroxyl groups is 2. The van der Waals surface area contributed by atoms with E-state index in [1.165, 1.54) is 0 Å². The van der Waals surface area contributed by atoms with Crippen molar-refractivity contribution in [2.75, 3.05) is 13.2 Å². The maximum Gasteiger partial charge on any atom is 0.138 e. The van der Waals surface area contributed by atoms with Crippen molar-refractivity contribution in [2.45, 2.75) is 19.3 Å². The van der Waals surface area contributed by atoms with Crippen LogP contribution in [0.1, 0.15) is 19.3 Å². The summed E-state index contributed by atoms with van der Waals surface area (Å²) in [5, 5.41) is 17.5. The highest BCUT2D eigenvalue weighted by atomic mass is 16.3. The molecule has 0 heterocycles. The Balaban J connectivity index is 2.41. The van der Waals surface area contributed by atoms with Crippen LogP contribution in [0.5, 0.6) is 0 Å². The van der Waals surface area contributed by atoms with E-state index < -0.39 is 0 Å². The highest BCUT2D eigenvalue weighted by Gasteiger charge is 2.27. The number of rotatable bonds is 2. The average Bonchev–Trinajstić information content (AvgIpc) is 2.04. The fourth-order valence-corrected chi connectivity index (χ4v) is 1.50. The topological polar surface area (TPSA) is 57.5 Å². The summed E-state index contributed by atoms with van der Waals surface area (Å²) in [6.07, 6.45) is 2.05. The number of carbonyl (C=O) groups excluding carboxylic acids is 1. The second kappa shape index (κ2) is 3.83. The van der Waals surface area contributed by atoms with Gasteiger partial charge in [-0.25, -0.2) is 0 Å². The van der Waals surface area contributed by atoms with E-state index >= 15 is 0 Å². The molecule has 0 spiro atoms. The van der Waals surface area contributed by atoms with Crippen LogP contribution in [0.25, 0.3) is 0 Å². The molecule has 64 valence electrons. The molecule has 0 radical (unpaired) electrons. The van der Waals surface area contributed by atoms with E-state index in [-0.39, 0.29) is 30.8 Å². The van der Waals surface area contributed by atoms with Gasteiger partial charge in [-0.2, -0.15) is 0 Å². The third-order valence-corrected chi connectivity index (χ3v) is 2.35. The SMILES string of the molecule is O=C1CC(CO)CCC1CO. The minimum atomic E-state index is -0.155. The van der Waals surface area contributed by atoms with E-state index in [2.05, 4.69) is 0 Å². The zero-order valence-corrected chi connectivity index (χ0v) is 6.49. The molecular weight excluding hydrogens is 144 g/mol. The van der Waals surface area contributed by atoms with Crippen LogP contribution in [-0.2, 0) is 4.79 Å². The number of ketones is 1. The van der Waals surface area contributed by atoms with Crippen LogP contribution in [0.2, 0.25) is 0 Å². The fraction of sp³-hybridized carbons (Fsp3) is 0.875. The van der Waals surface area contributed by atoms with E-state index in [9.17, 15) is 4.79 Å². The Labute approximate surface area is 66.0 Å². The Morgan fingerprint density at radius 1 is 1.27 bits per heavy atom. The summed E-state index contributed by atoms with van der Waals surface area (Å²) < 4.78 is 0. The van der Waals surface area contributed by atoms with Crippen LogP contribution >= 0.6 is 0 Å². The standard InChI is InChI=1S/C8H14O3/c9-4-6-1-2-7(5-10)8(11)3-6/h6-7,9-10H,1-5H2. The van der Waals surface area contributed by atoms with Gasteiger partial charge in [0, 0.05) is 18.9 Å². The van der Waals surface area contributed by atoms with Crippen LogP contribution in [0.3, 0.4) is 0 Å². The van der Waals surface area contributed by atoms with Gasteiger partial charge < -0.3 is 10.2 Å². The van der Waals surface area contributed by atoms with E-state index in [0.29, 0.717) is 6.42 Å². The maximum absolute atomic E-state index is 11.1. The first-order chi connectivity index (χ1) is 5.27. The molecule has 3 nitrogen and oxygen atoms in total. The molecule has 0 bridgehead atoms. The lowest BCUT2D eigenvalue weighted by Crippen LogP contribution is -2.28. The van der Waals surface area contributed by atoms with E-state index in [1.54, 1.807) is 0 Å². The Bertz CT molecular complexity index is 144. The molecule has 0 aromatic heterocycles. The van der Waals surface area contributed by atoms with Crippen molar-refractivity contribution in [2.24, 2.45) is 11.8 Å². The van der Waals surface area contributed by atoms with Gasteiger partial charge in [-0.1, -0.05) is 0 Å². The summed E-state index contributed by atoms with van der Waals surface area (Å²) in [6, 6.07) is 0. The monoisotopic (exact) mass is 158 g/mol. The lowest BCUT2D eigenvalue weighted by Gasteiger charge is -2.24. The van der Waals surface area contributed by atoms with Crippen LogP contribution in [0.4, 0.5) is 0 Å². The molecule has 1 rings (SSSR count). The van der Waals surface area contributed by atoms with E-state index in [1.807, 2.05) is 0 Å². The summed E-state index contributed by atoms with van der Waals surface area (Å²) >= 11 is 0. The molecule has 1 fully saturated rings. The first-order valence-corrected chi connectivity index (χ1v) is 4.02. The Hall–Kier alpha value is -0.410. The summed E-state index contributed by atoms with van der Waals surface area (Å²) in [7, 11) is 0. The van der Waals surface area contributed by atoms with Crippen LogP contribution in [0, 0.1) is 11.8 Å². The Kier molecular flexibility index (Phi) is 3.02. The second-order valence-corrected chi connectivity index (χ2v) is 3.18. The summed E-state index contributed by atoms with van der Waals surface area (Å²) in [4.78, 5) is 11.1. The number of Topliss-reactive ketones (excluding diaryl/α,β-unsaturated/α-hetero) is 1. The molecule has 2 unspecified atom stereocenters. The molecule has 2 atom stereocenters. The molecule has 0 aliphatic heterocycles. The number of hydrogen-bond acceptors (Lipinski definition) is 3. The van der Waals surface area contributed by atoms with Crippen molar-refractivity contribution in [3.8, 4) is 0 Å².